The number of ketones is 1. The van der Waals surface area contributed by atoms with Crippen molar-refractivity contribution in [3.05, 3.63) is 61.9 Å². The van der Waals surface area contributed by atoms with Crippen molar-refractivity contribution in [3.63, 3.8) is 0 Å². The van der Waals surface area contributed by atoms with Crippen molar-refractivity contribution in [1.82, 2.24) is 9.78 Å². The third-order valence-electron chi connectivity index (χ3n) is 2.54. The molecule has 1 aromatic heterocycles. The molecule has 0 unspecified atom stereocenters. The number of aromatic nitrogens is 2. The third kappa shape index (κ3) is 2.36. The lowest BCUT2D eigenvalue weighted by Crippen LogP contribution is -2.06. The van der Waals surface area contributed by atoms with Gasteiger partial charge in [0.25, 0.3) is 5.69 Å². The van der Waals surface area contributed by atoms with Crippen LogP contribution in [-0.2, 0) is 7.05 Å². The number of hydrogen-bond acceptors (Lipinski definition) is 6. The van der Waals surface area contributed by atoms with E-state index in [0.29, 0.717) is 0 Å². The first-order valence-electron chi connectivity index (χ1n) is 5.37. The highest BCUT2D eigenvalue weighted by Crippen LogP contribution is 2.21. The van der Waals surface area contributed by atoms with Gasteiger partial charge in [-0.25, -0.2) is 0 Å². The molecule has 0 saturated heterocycles. The maximum Gasteiger partial charge on any atom is 0.318 e. The fraction of sp³-hybridized carbons (Fsp3) is 0.0909. The fourth-order valence-corrected chi connectivity index (χ4v) is 1.67. The molecule has 20 heavy (non-hydrogen) atoms. The van der Waals surface area contributed by atoms with Gasteiger partial charge in [-0.15, -0.1) is 0 Å². The van der Waals surface area contributed by atoms with Crippen molar-refractivity contribution in [3.8, 4) is 0 Å². The minimum atomic E-state index is -0.735. The van der Waals surface area contributed by atoms with Crippen molar-refractivity contribution in [1.29, 1.82) is 0 Å². The summed E-state index contributed by atoms with van der Waals surface area (Å²) in [7, 11) is 1.44. The molecular weight excluding hydrogens is 268 g/mol. The quantitative estimate of drug-likeness (QED) is 0.473. The first-order chi connectivity index (χ1) is 9.40. The summed E-state index contributed by atoms with van der Waals surface area (Å²) >= 11 is 0. The second kappa shape index (κ2) is 4.88. The monoisotopic (exact) mass is 276 g/mol. The molecule has 0 saturated carbocycles. The van der Waals surface area contributed by atoms with Crippen LogP contribution in [0.3, 0.4) is 0 Å². The van der Waals surface area contributed by atoms with Gasteiger partial charge >= 0.3 is 5.69 Å². The van der Waals surface area contributed by atoms with Gasteiger partial charge < -0.3 is 0 Å². The summed E-state index contributed by atoms with van der Waals surface area (Å²) in [4.78, 5) is 32.3. The predicted molar refractivity (Wildman–Crippen MR) is 66.4 cm³/mol. The van der Waals surface area contributed by atoms with Crippen molar-refractivity contribution >= 4 is 17.2 Å². The zero-order valence-electron chi connectivity index (χ0n) is 10.2. The molecule has 2 aromatic rings. The zero-order valence-corrected chi connectivity index (χ0v) is 10.2. The van der Waals surface area contributed by atoms with E-state index in [1.807, 2.05) is 0 Å². The van der Waals surface area contributed by atoms with Crippen LogP contribution in [0.5, 0.6) is 0 Å². The lowest BCUT2D eigenvalue weighted by Gasteiger charge is -1.98. The van der Waals surface area contributed by atoms with Gasteiger partial charge in [-0.05, 0) is 0 Å². The number of nitro benzene ring substituents is 1. The molecule has 102 valence electrons. The first kappa shape index (κ1) is 13.3. The molecule has 0 amide bonds. The average Bonchev–Trinajstić information content (AvgIpc) is 2.80. The number of nitrogens with zero attached hydrogens (tertiary/aromatic N) is 4. The second-order valence-corrected chi connectivity index (χ2v) is 3.93. The van der Waals surface area contributed by atoms with Crippen LogP contribution in [0.1, 0.15) is 16.1 Å². The summed E-state index contributed by atoms with van der Waals surface area (Å²) in [5.41, 5.74) is -1.09. The van der Waals surface area contributed by atoms with Crippen LogP contribution in [0.4, 0.5) is 11.4 Å². The normalized spacial score (nSPS) is 10.2. The summed E-state index contributed by atoms with van der Waals surface area (Å²) < 4.78 is 1.14. The molecule has 0 aliphatic rings. The van der Waals surface area contributed by atoms with E-state index >= 15 is 0 Å². The Bertz CT molecular complexity index is 721. The molecule has 0 radical (unpaired) electrons. The van der Waals surface area contributed by atoms with Gasteiger partial charge in [0, 0.05) is 24.7 Å². The van der Waals surface area contributed by atoms with E-state index in [1.54, 1.807) is 0 Å². The average molecular weight is 276 g/mol. The van der Waals surface area contributed by atoms with Gasteiger partial charge in [-0.2, -0.15) is 5.10 Å². The Morgan fingerprint density at radius 2 is 1.95 bits per heavy atom. The van der Waals surface area contributed by atoms with Crippen LogP contribution >= 0.6 is 0 Å². The molecule has 9 heteroatoms. The molecule has 0 bridgehead atoms. The van der Waals surface area contributed by atoms with Crippen LogP contribution in [0.2, 0.25) is 0 Å². The van der Waals surface area contributed by atoms with E-state index in [0.717, 1.165) is 16.9 Å². The molecule has 0 aliphatic carbocycles. The molecule has 2 rings (SSSR count). The van der Waals surface area contributed by atoms with Crippen molar-refractivity contribution in [2.45, 2.75) is 0 Å². The lowest BCUT2D eigenvalue weighted by atomic mass is 10.1. The van der Waals surface area contributed by atoms with Gasteiger partial charge in [-0.1, -0.05) is 12.1 Å². The smallest absolute Gasteiger partial charge is 0.286 e. The maximum absolute atomic E-state index is 12.2. The summed E-state index contributed by atoms with van der Waals surface area (Å²) in [5, 5.41) is 25.2. The van der Waals surface area contributed by atoms with Crippen LogP contribution in [-0.4, -0.2) is 25.4 Å². The highest BCUT2D eigenvalue weighted by Gasteiger charge is 2.26. The first-order valence-corrected chi connectivity index (χ1v) is 5.37. The standard InChI is InChI=1S/C11H8N4O5/c1-13-6-9(15(19)20)10(12-13)11(16)7-3-2-4-8(5-7)14(17)18/h2-6H,1H3. The molecule has 9 nitrogen and oxygen atoms in total. The van der Waals surface area contributed by atoms with E-state index in [4.69, 9.17) is 0 Å². The van der Waals surface area contributed by atoms with Gasteiger partial charge in [0.2, 0.25) is 11.5 Å². The molecule has 0 fully saturated rings. The fourth-order valence-electron chi connectivity index (χ4n) is 1.67. The molecule has 0 N–H and O–H groups in total. The van der Waals surface area contributed by atoms with Gasteiger partial charge in [0.05, 0.1) is 9.85 Å². The Balaban J connectivity index is 2.49. The number of aryl methyl sites for hydroxylation is 1. The van der Waals surface area contributed by atoms with E-state index in [1.165, 1.54) is 25.2 Å². The third-order valence-corrected chi connectivity index (χ3v) is 2.54. The summed E-state index contributed by atoms with van der Waals surface area (Å²) in [5.74, 6) is -0.735. The zero-order chi connectivity index (χ0) is 14.9. The predicted octanol–water partition coefficient (Wildman–Crippen LogP) is 1.47. The molecular formula is C11H8N4O5. The topological polar surface area (TPSA) is 121 Å². The molecule has 0 spiro atoms. The highest BCUT2D eigenvalue weighted by atomic mass is 16.6. The van der Waals surface area contributed by atoms with Crippen LogP contribution < -0.4 is 0 Å². The van der Waals surface area contributed by atoms with E-state index in [-0.39, 0.29) is 16.9 Å². The minimum Gasteiger partial charge on any atom is -0.286 e. The summed E-state index contributed by atoms with van der Waals surface area (Å²) in [6, 6.07) is 4.96. The largest absolute Gasteiger partial charge is 0.318 e. The lowest BCUT2D eigenvalue weighted by molar-refractivity contribution is -0.385. The number of carbonyl (C=O) groups excluding carboxylic acids is 1. The molecule has 1 heterocycles. The van der Waals surface area contributed by atoms with Gasteiger partial charge in [0.15, 0.2) is 0 Å². The van der Waals surface area contributed by atoms with Crippen molar-refractivity contribution in [2.75, 3.05) is 0 Å². The number of carbonyl (C=O) groups is 1. The van der Waals surface area contributed by atoms with Crippen LogP contribution in [0.25, 0.3) is 0 Å². The number of benzene rings is 1. The minimum absolute atomic E-state index is 0.0269. The number of nitro groups is 2. The number of hydrogen-bond donors (Lipinski definition) is 0. The summed E-state index contributed by atoms with van der Waals surface area (Å²) in [6.07, 6.45) is 1.10. The molecule has 1 aromatic carbocycles. The van der Waals surface area contributed by atoms with Crippen molar-refractivity contribution in [2.24, 2.45) is 7.05 Å². The Morgan fingerprint density at radius 1 is 1.25 bits per heavy atom. The maximum atomic E-state index is 12.2. The number of non-ortho nitro benzene ring substituents is 1. The highest BCUT2D eigenvalue weighted by molar-refractivity contribution is 6.10. The van der Waals surface area contributed by atoms with E-state index < -0.39 is 21.3 Å². The SMILES string of the molecule is Cn1cc([N+](=O)[O-])c(C(=O)c2cccc([N+](=O)[O-])c2)n1. The van der Waals surface area contributed by atoms with E-state index in [9.17, 15) is 25.0 Å². The van der Waals surface area contributed by atoms with Gasteiger partial charge in [-0.3, -0.25) is 29.7 Å². The van der Waals surface area contributed by atoms with Crippen LogP contribution in [0, 0.1) is 20.2 Å². The Morgan fingerprint density at radius 3 is 2.55 bits per heavy atom. The Hall–Kier alpha value is -3.10. The number of rotatable bonds is 4. The summed E-state index contributed by atoms with van der Waals surface area (Å²) in [6.45, 7) is 0. The van der Waals surface area contributed by atoms with Crippen LogP contribution in [0.15, 0.2) is 30.5 Å². The van der Waals surface area contributed by atoms with E-state index in [2.05, 4.69) is 5.10 Å². The van der Waals surface area contributed by atoms with Gasteiger partial charge in [0.1, 0.15) is 6.20 Å². The second-order valence-electron chi connectivity index (χ2n) is 3.93. The Labute approximate surface area is 111 Å². The molecule has 0 atom stereocenters. The Kier molecular flexibility index (Phi) is 3.25. The molecule has 0 aliphatic heterocycles. The van der Waals surface area contributed by atoms with Crippen molar-refractivity contribution < 1.29 is 14.6 Å².